The molecule has 0 saturated carbocycles. The molecule has 0 aliphatic carbocycles. The van der Waals surface area contributed by atoms with Crippen LogP contribution in [0.4, 0.5) is 0 Å². The first-order valence-corrected chi connectivity index (χ1v) is 6.99. The van der Waals surface area contributed by atoms with Crippen molar-refractivity contribution >= 4 is 25.8 Å². The highest BCUT2D eigenvalue weighted by atomic mass is 79.9. The van der Waals surface area contributed by atoms with Crippen molar-refractivity contribution in [3.05, 3.63) is 40.9 Å². The molecular formula is C11H13BrO2S. The van der Waals surface area contributed by atoms with Crippen LogP contribution in [0.3, 0.4) is 0 Å². The lowest BCUT2D eigenvalue weighted by atomic mass is 10.3. The van der Waals surface area contributed by atoms with Crippen molar-refractivity contribution in [3.63, 3.8) is 0 Å². The summed E-state index contributed by atoms with van der Waals surface area (Å²) in [5, 5.41) is 0. The quantitative estimate of drug-likeness (QED) is 0.798. The molecular weight excluding hydrogens is 276 g/mol. The van der Waals surface area contributed by atoms with Gasteiger partial charge in [0.05, 0.1) is 10.6 Å². The van der Waals surface area contributed by atoms with Gasteiger partial charge >= 0.3 is 0 Å². The summed E-state index contributed by atoms with van der Waals surface area (Å²) in [6.45, 7) is 5.52. The molecule has 0 saturated heterocycles. The van der Waals surface area contributed by atoms with E-state index in [1.807, 2.05) is 6.92 Å². The number of hydrogen-bond acceptors (Lipinski definition) is 2. The lowest BCUT2D eigenvalue weighted by Gasteiger charge is -2.04. The number of halogens is 1. The molecule has 82 valence electrons. The van der Waals surface area contributed by atoms with E-state index in [1.165, 1.54) is 0 Å². The highest BCUT2D eigenvalue weighted by molar-refractivity contribution is 9.10. The number of hydrogen-bond donors (Lipinski definition) is 0. The zero-order valence-corrected chi connectivity index (χ0v) is 10.9. The van der Waals surface area contributed by atoms with Crippen molar-refractivity contribution in [1.82, 2.24) is 0 Å². The molecule has 0 atom stereocenters. The second-order valence-corrected chi connectivity index (χ2v) is 6.50. The number of sulfone groups is 1. The SMILES string of the molecule is C=C(C)CCS(=O)(=O)c1ccc(Br)cc1. The van der Waals surface area contributed by atoms with Gasteiger partial charge in [-0.25, -0.2) is 8.42 Å². The van der Waals surface area contributed by atoms with Crippen LogP contribution in [0.25, 0.3) is 0 Å². The minimum absolute atomic E-state index is 0.129. The van der Waals surface area contributed by atoms with Crippen LogP contribution in [0, 0.1) is 0 Å². The molecule has 1 rings (SSSR count). The molecule has 2 nitrogen and oxygen atoms in total. The Morgan fingerprint density at radius 2 is 1.87 bits per heavy atom. The molecule has 0 aliphatic heterocycles. The van der Waals surface area contributed by atoms with E-state index >= 15 is 0 Å². The predicted octanol–water partition coefficient (Wildman–Crippen LogP) is 3.19. The first-order chi connectivity index (χ1) is 6.92. The van der Waals surface area contributed by atoms with Crippen molar-refractivity contribution in [1.29, 1.82) is 0 Å². The maximum absolute atomic E-state index is 11.8. The molecule has 0 heterocycles. The Labute approximate surface area is 99.1 Å². The van der Waals surface area contributed by atoms with E-state index in [1.54, 1.807) is 24.3 Å². The van der Waals surface area contributed by atoms with Gasteiger partial charge in [0.2, 0.25) is 0 Å². The summed E-state index contributed by atoms with van der Waals surface area (Å²) in [5.74, 6) is 0.129. The van der Waals surface area contributed by atoms with Crippen molar-refractivity contribution in [2.24, 2.45) is 0 Å². The van der Waals surface area contributed by atoms with E-state index in [4.69, 9.17) is 0 Å². The average molecular weight is 289 g/mol. The summed E-state index contributed by atoms with van der Waals surface area (Å²) in [4.78, 5) is 0.368. The number of allylic oxidation sites excluding steroid dienone is 1. The van der Waals surface area contributed by atoms with Crippen molar-refractivity contribution in [2.75, 3.05) is 5.75 Å². The summed E-state index contributed by atoms with van der Waals surface area (Å²) in [5.41, 5.74) is 0.885. The van der Waals surface area contributed by atoms with Gasteiger partial charge in [0, 0.05) is 4.47 Å². The van der Waals surface area contributed by atoms with Crippen LogP contribution < -0.4 is 0 Å². The fraction of sp³-hybridized carbons (Fsp3) is 0.273. The summed E-state index contributed by atoms with van der Waals surface area (Å²) in [6.07, 6.45) is 0.512. The van der Waals surface area contributed by atoms with Crippen LogP contribution >= 0.6 is 15.9 Å². The van der Waals surface area contributed by atoms with Crippen LogP contribution in [0.5, 0.6) is 0 Å². The maximum Gasteiger partial charge on any atom is 0.178 e. The Balaban J connectivity index is 2.87. The van der Waals surface area contributed by atoms with E-state index in [0.717, 1.165) is 10.0 Å². The fourth-order valence-corrected chi connectivity index (χ4v) is 2.74. The predicted molar refractivity (Wildman–Crippen MR) is 65.6 cm³/mol. The van der Waals surface area contributed by atoms with E-state index in [2.05, 4.69) is 22.5 Å². The average Bonchev–Trinajstić information content (AvgIpc) is 2.16. The third-order valence-corrected chi connectivity index (χ3v) is 4.23. The molecule has 1 aromatic carbocycles. The Bertz CT molecular complexity index is 446. The molecule has 0 aromatic heterocycles. The van der Waals surface area contributed by atoms with E-state index in [9.17, 15) is 8.42 Å². The Morgan fingerprint density at radius 1 is 1.33 bits per heavy atom. The van der Waals surface area contributed by atoms with Crippen LogP contribution in [0.2, 0.25) is 0 Å². The Kier molecular flexibility index (Phi) is 4.11. The summed E-state index contributed by atoms with van der Waals surface area (Å²) in [7, 11) is -3.15. The largest absolute Gasteiger partial charge is 0.224 e. The van der Waals surface area contributed by atoms with Gasteiger partial charge in [-0.15, -0.1) is 6.58 Å². The highest BCUT2D eigenvalue weighted by Gasteiger charge is 2.13. The second kappa shape index (κ2) is 4.94. The van der Waals surface area contributed by atoms with Gasteiger partial charge < -0.3 is 0 Å². The molecule has 1 aromatic rings. The summed E-state index contributed by atoms with van der Waals surface area (Å²) >= 11 is 3.27. The fourth-order valence-electron chi connectivity index (χ4n) is 1.07. The zero-order valence-electron chi connectivity index (χ0n) is 8.53. The first-order valence-electron chi connectivity index (χ1n) is 4.54. The van der Waals surface area contributed by atoms with Crippen molar-refractivity contribution < 1.29 is 8.42 Å². The lowest BCUT2D eigenvalue weighted by molar-refractivity contribution is 0.595. The molecule has 0 N–H and O–H groups in total. The van der Waals surface area contributed by atoms with Crippen molar-refractivity contribution in [2.45, 2.75) is 18.2 Å². The second-order valence-electron chi connectivity index (χ2n) is 3.48. The van der Waals surface area contributed by atoms with Crippen LogP contribution in [0.15, 0.2) is 45.8 Å². The monoisotopic (exact) mass is 288 g/mol. The molecule has 0 fully saturated rings. The topological polar surface area (TPSA) is 34.1 Å². The third-order valence-electron chi connectivity index (χ3n) is 1.97. The molecule has 0 radical (unpaired) electrons. The third kappa shape index (κ3) is 3.80. The lowest BCUT2D eigenvalue weighted by Crippen LogP contribution is -2.06. The standard InChI is InChI=1S/C11H13BrO2S/c1-9(2)7-8-15(13,14)11-5-3-10(12)4-6-11/h3-6H,1,7-8H2,2H3. The number of rotatable bonds is 4. The van der Waals surface area contributed by atoms with Gasteiger partial charge in [-0.3, -0.25) is 0 Å². The van der Waals surface area contributed by atoms with Gasteiger partial charge in [-0.2, -0.15) is 0 Å². The Hall–Kier alpha value is -0.610. The van der Waals surface area contributed by atoms with Gasteiger partial charge in [0.15, 0.2) is 9.84 Å². The van der Waals surface area contributed by atoms with Crippen LogP contribution in [-0.4, -0.2) is 14.2 Å². The summed E-state index contributed by atoms with van der Waals surface area (Å²) in [6, 6.07) is 6.68. The molecule has 4 heteroatoms. The summed E-state index contributed by atoms with van der Waals surface area (Å²) < 4.78 is 24.5. The van der Waals surface area contributed by atoms with Crippen LogP contribution in [-0.2, 0) is 9.84 Å². The zero-order chi connectivity index (χ0) is 11.5. The van der Waals surface area contributed by atoms with Crippen molar-refractivity contribution in [3.8, 4) is 0 Å². The minimum atomic E-state index is -3.15. The molecule has 15 heavy (non-hydrogen) atoms. The highest BCUT2D eigenvalue weighted by Crippen LogP contribution is 2.17. The maximum atomic E-state index is 11.8. The van der Waals surface area contributed by atoms with Crippen LogP contribution in [0.1, 0.15) is 13.3 Å². The van der Waals surface area contributed by atoms with E-state index in [0.29, 0.717) is 11.3 Å². The van der Waals surface area contributed by atoms with Gasteiger partial charge in [-0.1, -0.05) is 21.5 Å². The molecule has 0 aliphatic rings. The molecule has 0 unspecified atom stereocenters. The smallest absolute Gasteiger partial charge is 0.178 e. The van der Waals surface area contributed by atoms with Gasteiger partial charge in [0.1, 0.15) is 0 Å². The normalized spacial score (nSPS) is 11.3. The van der Waals surface area contributed by atoms with E-state index < -0.39 is 9.84 Å². The van der Waals surface area contributed by atoms with E-state index in [-0.39, 0.29) is 5.75 Å². The van der Waals surface area contributed by atoms with Gasteiger partial charge in [0.25, 0.3) is 0 Å². The Morgan fingerprint density at radius 3 is 2.33 bits per heavy atom. The number of benzene rings is 1. The molecule has 0 amide bonds. The molecule has 0 bridgehead atoms. The molecule has 0 spiro atoms. The van der Waals surface area contributed by atoms with Gasteiger partial charge in [-0.05, 0) is 37.6 Å². The minimum Gasteiger partial charge on any atom is -0.224 e. The first kappa shape index (κ1) is 12.5.